The molecule has 1 saturated carbocycles. The van der Waals surface area contributed by atoms with Crippen LogP contribution in [0.15, 0.2) is 4.47 Å². The van der Waals surface area contributed by atoms with Gasteiger partial charge in [-0.1, -0.05) is 0 Å². The van der Waals surface area contributed by atoms with E-state index in [9.17, 15) is 4.79 Å². The lowest BCUT2D eigenvalue weighted by molar-refractivity contribution is 0.0734. The van der Waals surface area contributed by atoms with E-state index >= 15 is 0 Å². The third kappa shape index (κ3) is 2.31. The van der Waals surface area contributed by atoms with Crippen LogP contribution in [0.3, 0.4) is 0 Å². The molecule has 98 valence electrons. The Morgan fingerprint density at radius 1 is 1.39 bits per heavy atom. The molecule has 0 aromatic carbocycles. The average Bonchev–Trinajstić information content (AvgIpc) is 3.17. The summed E-state index contributed by atoms with van der Waals surface area (Å²) in [6.45, 7) is 2.75. The molecule has 3 rings (SSSR count). The van der Waals surface area contributed by atoms with Crippen LogP contribution in [0.2, 0.25) is 0 Å². The summed E-state index contributed by atoms with van der Waals surface area (Å²) in [7, 11) is 0. The van der Waals surface area contributed by atoms with Crippen molar-refractivity contribution in [3.63, 3.8) is 0 Å². The number of H-pyrrole nitrogens is 1. The number of aromatic nitrogens is 2. The summed E-state index contributed by atoms with van der Waals surface area (Å²) in [4.78, 5) is 14.2. The summed E-state index contributed by atoms with van der Waals surface area (Å²) in [6.07, 6.45) is 3.27. The molecule has 0 unspecified atom stereocenters. The number of carbonyl (C=O) groups excluding carboxylic acids is 1. The van der Waals surface area contributed by atoms with Crippen molar-refractivity contribution in [1.29, 1.82) is 0 Å². The summed E-state index contributed by atoms with van der Waals surface area (Å²) in [6, 6.07) is 0. The molecule has 0 spiro atoms. The highest BCUT2D eigenvalue weighted by Gasteiger charge is 2.31. The van der Waals surface area contributed by atoms with Crippen LogP contribution in [0, 0.1) is 0 Å². The highest BCUT2D eigenvalue weighted by molar-refractivity contribution is 9.10. The number of carbonyl (C=O) groups is 1. The fourth-order valence-electron chi connectivity index (χ4n) is 2.22. The second-order valence-electron chi connectivity index (χ2n) is 4.83. The van der Waals surface area contributed by atoms with Crippen LogP contribution in [-0.4, -0.2) is 47.3 Å². The van der Waals surface area contributed by atoms with Crippen LogP contribution >= 0.6 is 15.9 Å². The Labute approximate surface area is 114 Å². The minimum Gasteiger partial charge on any atom is -0.380 e. The van der Waals surface area contributed by atoms with E-state index in [0.717, 1.165) is 29.7 Å². The number of amides is 1. The lowest BCUT2D eigenvalue weighted by Crippen LogP contribution is -2.33. The number of nitrogens with one attached hydrogen (secondary N) is 1. The Bertz CT molecular complexity index is 448. The Hall–Kier alpha value is -0.880. The largest absolute Gasteiger partial charge is 0.380 e. The molecule has 0 radical (unpaired) electrons. The third-order valence-electron chi connectivity index (χ3n) is 3.43. The van der Waals surface area contributed by atoms with Crippen LogP contribution in [0.25, 0.3) is 0 Å². The molecule has 2 fully saturated rings. The van der Waals surface area contributed by atoms with E-state index in [2.05, 4.69) is 26.1 Å². The van der Waals surface area contributed by atoms with E-state index in [0.29, 0.717) is 24.8 Å². The summed E-state index contributed by atoms with van der Waals surface area (Å²) in [5.41, 5.74) is 1.59. The monoisotopic (exact) mass is 313 g/mol. The third-order valence-corrected chi connectivity index (χ3v) is 4.23. The summed E-state index contributed by atoms with van der Waals surface area (Å²) < 4.78 is 6.21. The topological polar surface area (TPSA) is 58.2 Å². The van der Waals surface area contributed by atoms with Gasteiger partial charge in [0.05, 0.1) is 16.8 Å². The second kappa shape index (κ2) is 5.01. The van der Waals surface area contributed by atoms with Crippen LogP contribution < -0.4 is 0 Å². The van der Waals surface area contributed by atoms with Gasteiger partial charge < -0.3 is 9.64 Å². The fraction of sp³-hybridized carbons (Fsp3) is 0.667. The molecule has 2 aliphatic rings. The van der Waals surface area contributed by atoms with Gasteiger partial charge in [-0.05, 0) is 35.2 Å². The van der Waals surface area contributed by atoms with E-state index in [-0.39, 0.29) is 5.91 Å². The normalized spacial score (nSPS) is 20.8. The number of halogens is 1. The molecule has 1 N–H and O–H groups in total. The highest BCUT2D eigenvalue weighted by atomic mass is 79.9. The molecule has 2 heterocycles. The first-order valence-corrected chi connectivity index (χ1v) is 7.17. The number of hydrogen-bond acceptors (Lipinski definition) is 3. The molecule has 0 atom stereocenters. The molecule has 1 aromatic rings. The minimum atomic E-state index is -0.00414. The first-order valence-electron chi connectivity index (χ1n) is 6.38. The Morgan fingerprint density at radius 3 is 3.00 bits per heavy atom. The van der Waals surface area contributed by atoms with E-state index in [4.69, 9.17) is 4.74 Å². The summed E-state index contributed by atoms with van der Waals surface area (Å²) in [5, 5.41) is 7.17. The van der Waals surface area contributed by atoms with E-state index in [1.807, 2.05) is 4.90 Å². The zero-order chi connectivity index (χ0) is 12.5. The molecule has 1 aliphatic heterocycles. The first kappa shape index (κ1) is 12.2. The zero-order valence-electron chi connectivity index (χ0n) is 10.1. The predicted octanol–water partition coefficient (Wildman–Crippen LogP) is 1.91. The number of nitrogens with zero attached hydrogens (tertiary/aromatic N) is 2. The molecule has 1 saturated heterocycles. The van der Waals surface area contributed by atoms with Gasteiger partial charge in [-0.2, -0.15) is 5.10 Å². The lowest BCUT2D eigenvalue weighted by Gasteiger charge is -2.18. The molecule has 0 bridgehead atoms. The first-order chi connectivity index (χ1) is 8.77. The van der Waals surface area contributed by atoms with Crippen molar-refractivity contribution in [3.8, 4) is 0 Å². The van der Waals surface area contributed by atoms with Crippen molar-refractivity contribution in [2.24, 2.45) is 0 Å². The predicted molar refractivity (Wildman–Crippen MR) is 69.6 cm³/mol. The van der Waals surface area contributed by atoms with Crippen LogP contribution in [0.5, 0.6) is 0 Å². The van der Waals surface area contributed by atoms with Crippen molar-refractivity contribution in [3.05, 3.63) is 15.9 Å². The van der Waals surface area contributed by atoms with Gasteiger partial charge >= 0.3 is 0 Å². The molecule has 5 nitrogen and oxygen atoms in total. The number of rotatable bonds is 2. The smallest absolute Gasteiger partial charge is 0.275 e. The maximum absolute atomic E-state index is 12.4. The van der Waals surface area contributed by atoms with Gasteiger partial charge in [0.1, 0.15) is 0 Å². The van der Waals surface area contributed by atoms with Crippen LogP contribution in [0.1, 0.15) is 41.4 Å². The molecular weight excluding hydrogens is 298 g/mol. The molecule has 1 aromatic heterocycles. The van der Waals surface area contributed by atoms with Crippen molar-refractivity contribution in [2.75, 3.05) is 26.3 Å². The quantitative estimate of drug-likeness (QED) is 0.907. The second-order valence-corrected chi connectivity index (χ2v) is 5.63. The van der Waals surface area contributed by atoms with Crippen molar-refractivity contribution in [1.82, 2.24) is 15.1 Å². The number of ether oxygens (including phenoxy) is 1. The van der Waals surface area contributed by atoms with Gasteiger partial charge in [0.25, 0.3) is 5.91 Å². The average molecular weight is 314 g/mol. The number of hydrogen-bond donors (Lipinski definition) is 1. The Morgan fingerprint density at radius 2 is 2.22 bits per heavy atom. The lowest BCUT2D eigenvalue weighted by atomic mass is 10.2. The van der Waals surface area contributed by atoms with E-state index in [1.165, 1.54) is 12.8 Å². The van der Waals surface area contributed by atoms with E-state index < -0.39 is 0 Å². The molecular formula is C12H16BrN3O2. The van der Waals surface area contributed by atoms with Crippen molar-refractivity contribution >= 4 is 21.8 Å². The van der Waals surface area contributed by atoms with Gasteiger partial charge in [0.15, 0.2) is 5.69 Å². The van der Waals surface area contributed by atoms with Crippen LogP contribution in [-0.2, 0) is 4.74 Å². The van der Waals surface area contributed by atoms with Crippen molar-refractivity contribution in [2.45, 2.75) is 25.2 Å². The SMILES string of the molecule is O=C(c1n[nH]c(C2CC2)c1Br)N1CCCOCC1. The molecule has 1 aliphatic carbocycles. The van der Waals surface area contributed by atoms with Gasteiger partial charge in [-0.3, -0.25) is 9.89 Å². The summed E-state index contributed by atoms with van der Waals surface area (Å²) in [5.74, 6) is 0.552. The van der Waals surface area contributed by atoms with Gasteiger partial charge in [-0.15, -0.1) is 0 Å². The fourth-order valence-corrected chi connectivity index (χ4v) is 2.90. The minimum absolute atomic E-state index is 0.00414. The Kier molecular flexibility index (Phi) is 3.39. The van der Waals surface area contributed by atoms with Gasteiger partial charge in [0.2, 0.25) is 0 Å². The molecule has 6 heteroatoms. The van der Waals surface area contributed by atoms with Crippen LogP contribution in [0.4, 0.5) is 0 Å². The zero-order valence-corrected chi connectivity index (χ0v) is 11.7. The van der Waals surface area contributed by atoms with E-state index in [1.54, 1.807) is 0 Å². The van der Waals surface area contributed by atoms with Gasteiger partial charge in [-0.25, -0.2) is 0 Å². The van der Waals surface area contributed by atoms with Gasteiger partial charge in [0, 0.05) is 25.6 Å². The molecule has 1 amide bonds. The number of aromatic amines is 1. The molecule has 18 heavy (non-hydrogen) atoms. The Balaban J connectivity index is 1.78. The standard InChI is InChI=1S/C12H16BrN3O2/c13-9-10(8-2-3-8)14-15-11(9)12(17)16-4-1-6-18-7-5-16/h8H,1-7H2,(H,14,15). The highest BCUT2D eigenvalue weighted by Crippen LogP contribution is 2.43. The van der Waals surface area contributed by atoms with Crippen molar-refractivity contribution < 1.29 is 9.53 Å². The maximum Gasteiger partial charge on any atom is 0.275 e. The maximum atomic E-state index is 12.4. The summed E-state index contributed by atoms with van der Waals surface area (Å²) >= 11 is 3.51.